The van der Waals surface area contributed by atoms with Crippen LogP contribution in [0.25, 0.3) is 134 Å². The number of rotatable bonds is 15. The average molecular weight is 1280 g/mol. The molecule has 0 aliphatic rings. The molecule has 0 atom stereocenters. The largest absolute Gasteiger partial charge is 0.310 e. The van der Waals surface area contributed by atoms with Gasteiger partial charge in [0.25, 0.3) is 0 Å². The number of para-hydroxylation sites is 6. The SMILES string of the molecule is c1ccc(-c2cccc(-c3cccc(-c4nc(-c5cccc(N(c6ccccc6)c6ccc(-c7ccc8c(c7)c7ccccc7n8-c7ccccc7)cc6)c5)nc(-c5cccc(N(c6ccccc6)c6ccc(-c7ccc8c(c7)c7ccccc7n8-c7ccccc7)cc6)c5)n4)c3)c2)cc1. The first-order valence-electron chi connectivity index (χ1n) is 33.9. The summed E-state index contributed by atoms with van der Waals surface area (Å²) < 4.78 is 4.72. The molecular formula is C93H63N7. The van der Waals surface area contributed by atoms with E-state index in [1.165, 1.54) is 43.6 Å². The van der Waals surface area contributed by atoms with Gasteiger partial charge in [-0.25, -0.2) is 15.0 Å². The van der Waals surface area contributed by atoms with Crippen LogP contribution in [0.4, 0.5) is 34.1 Å². The molecule has 0 unspecified atom stereocenters. The Balaban J connectivity index is 0.723. The second-order valence-electron chi connectivity index (χ2n) is 25.2. The summed E-state index contributed by atoms with van der Waals surface area (Å²) in [6.45, 7) is 0. The van der Waals surface area contributed by atoms with Crippen LogP contribution < -0.4 is 9.80 Å². The lowest BCUT2D eigenvalue weighted by Gasteiger charge is -2.26. The lowest BCUT2D eigenvalue weighted by molar-refractivity contribution is 1.07. The average Bonchev–Trinajstić information content (AvgIpc) is 1.59. The normalized spacial score (nSPS) is 11.4. The van der Waals surface area contributed by atoms with E-state index < -0.39 is 0 Å². The predicted molar refractivity (Wildman–Crippen MR) is 416 cm³/mol. The first-order valence-corrected chi connectivity index (χ1v) is 33.9. The molecule has 18 aromatic rings. The lowest BCUT2D eigenvalue weighted by Crippen LogP contribution is -2.10. The number of hydrogen-bond donors (Lipinski definition) is 0. The smallest absolute Gasteiger partial charge is 0.164 e. The van der Waals surface area contributed by atoms with Crippen LogP contribution >= 0.6 is 0 Å². The van der Waals surface area contributed by atoms with Crippen molar-refractivity contribution < 1.29 is 0 Å². The second kappa shape index (κ2) is 25.6. The Kier molecular flexibility index (Phi) is 15.1. The van der Waals surface area contributed by atoms with Crippen molar-refractivity contribution in [2.75, 3.05) is 9.80 Å². The summed E-state index contributed by atoms with van der Waals surface area (Å²) >= 11 is 0. The molecule has 7 heteroatoms. The van der Waals surface area contributed by atoms with E-state index in [1.807, 2.05) is 0 Å². The highest BCUT2D eigenvalue weighted by molar-refractivity contribution is 6.12. The van der Waals surface area contributed by atoms with Gasteiger partial charge in [-0.15, -0.1) is 0 Å². The van der Waals surface area contributed by atoms with Gasteiger partial charge in [-0.3, -0.25) is 0 Å². The third-order valence-electron chi connectivity index (χ3n) is 19.1. The van der Waals surface area contributed by atoms with Crippen LogP contribution in [0.2, 0.25) is 0 Å². The van der Waals surface area contributed by atoms with Crippen LogP contribution in [0.1, 0.15) is 0 Å². The van der Waals surface area contributed by atoms with E-state index in [0.29, 0.717) is 17.5 Å². The van der Waals surface area contributed by atoms with Crippen molar-refractivity contribution in [3.8, 4) is 90.0 Å². The maximum absolute atomic E-state index is 5.46. The monoisotopic (exact) mass is 1280 g/mol. The Hall–Kier alpha value is -13.5. The number of benzene rings is 15. The minimum atomic E-state index is 0.550. The Morgan fingerprint density at radius 1 is 0.170 bits per heavy atom. The summed E-state index contributed by atoms with van der Waals surface area (Å²) in [6, 6.07) is 136. The molecule has 0 fully saturated rings. The van der Waals surface area contributed by atoms with Gasteiger partial charge in [-0.05, 0) is 190 Å². The molecule has 0 spiro atoms. The van der Waals surface area contributed by atoms with Crippen molar-refractivity contribution in [2.45, 2.75) is 0 Å². The van der Waals surface area contributed by atoms with Crippen LogP contribution in [0.5, 0.6) is 0 Å². The molecule has 15 aromatic carbocycles. The van der Waals surface area contributed by atoms with E-state index in [9.17, 15) is 0 Å². The van der Waals surface area contributed by atoms with Crippen molar-refractivity contribution >= 4 is 77.7 Å². The fourth-order valence-electron chi connectivity index (χ4n) is 14.3. The van der Waals surface area contributed by atoms with Crippen LogP contribution in [0.15, 0.2) is 382 Å². The van der Waals surface area contributed by atoms with E-state index in [1.54, 1.807) is 0 Å². The summed E-state index contributed by atoms with van der Waals surface area (Å²) in [6.07, 6.45) is 0. The number of nitrogens with zero attached hydrogens (tertiary/aromatic N) is 7. The number of hydrogen-bond acceptors (Lipinski definition) is 5. The van der Waals surface area contributed by atoms with Gasteiger partial charge in [0.2, 0.25) is 0 Å². The molecule has 0 radical (unpaired) electrons. The lowest BCUT2D eigenvalue weighted by atomic mass is 9.98. The predicted octanol–water partition coefficient (Wildman–Crippen LogP) is 24.7. The molecule has 3 aromatic heterocycles. The molecular weight excluding hydrogens is 1220 g/mol. The first kappa shape index (κ1) is 59.0. The molecule has 0 saturated carbocycles. The molecule has 470 valence electrons. The molecule has 0 aliphatic heterocycles. The standard InChI is InChI=1S/C93H63N7/c1-6-24-64(25-7-1)67-26-20-27-68(58-67)69-28-21-29-72(59-69)91-94-92(73-30-22-40-81(60-73)97(75-32-8-2-9-33-75)79-52-46-65(47-53-79)70-50-56-89-85(62-70)83-42-16-18-44-87(83)99(89)77-36-12-4-13-37-77)96-93(95-91)74-31-23-41-82(61-74)98(76-34-10-3-11-35-76)80-54-48-66(49-55-80)71-51-57-90-86(63-71)84-43-17-19-45-88(84)100(90)78-38-14-5-15-39-78/h1-63H. The molecule has 0 bridgehead atoms. The number of anilines is 6. The minimum absolute atomic E-state index is 0.550. The Morgan fingerprint density at radius 2 is 0.440 bits per heavy atom. The maximum atomic E-state index is 5.46. The van der Waals surface area contributed by atoms with E-state index in [0.717, 1.165) is 107 Å². The van der Waals surface area contributed by atoms with Crippen molar-refractivity contribution in [1.82, 2.24) is 24.1 Å². The number of fused-ring (bicyclic) bond motifs is 6. The molecule has 3 heterocycles. The molecule has 7 nitrogen and oxygen atoms in total. The third-order valence-corrected chi connectivity index (χ3v) is 19.1. The number of aromatic nitrogens is 5. The van der Waals surface area contributed by atoms with Crippen molar-refractivity contribution in [3.63, 3.8) is 0 Å². The highest BCUT2D eigenvalue weighted by atomic mass is 15.2. The van der Waals surface area contributed by atoms with Gasteiger partial charge >= 0.3 is 0 Å². The van der Waals surface area contributed by atoms with Gasteiger partial charge in [0, 0.05) is 83.7 Å². The fourth-order valence-corrected chi connectivity index (χ4v) is 14.3. The Bertz CT molecular complexity index is 5700. The van der Waals surface area contributed by atoms with Crippen LogP contribution in [-0.4, -0.2) is 24.1 Å². The second-order valence-corrected chi connectivity index (χ2v) is 25.2. The Labute approximate surface area is 580 Å². The topological polar surface area (TPSA) is 55.0 Å². The summed E-state index contributed by atoms with van der Waals surface area (Å²) in [5.41, 5.74) is 24.6. The molecule has 0 saturated heterocycles. The van der Waals surface area contributed by atoms with E-state index >= 15 is 0 Å². The highest BCUT2D eigenvalue weighted by Gasteiger charge is 2.22. The van der Waals surface area contributed by atoms with E-state index in [2.05, 4.69) is 401 Å². The van der Waals surface area contributed by atoms with Crippen molar-refractivity contribution in [2.24, 2.45) is 0 Å². The van der Waals surface area contributed by atoms with Gasteiger partial charge in [-0.1, -0.05) is 237 Å². The van der Waals surface area contributed by atoms with Crippen molar-refractivity contribution in [3.05, 3.63) is 382 Å². The zero-order valence-corrected chi connectivity index (χ0v) is 54.5. The maximum Gasteiger partial charge on any atom is 0.164 e. The molecule has 0 aliphatic carbocycles. The summed E-state index contributed by atoms with van der Waals surface area (Å²) in [7, 11) is 0. The Morgan fingerprint density at radius 3 is 0.870 bits per heavy atom. The molecule has 0 amide bonds. The first-order chi connectivity index (χ1) is 49.6. The molecule has 18 rings (SSSR count). The fraction of sp³-hybridized carbons (Fsp3) is 0. The van der Waals surface area contributed by atoms with Gasteiger partial charge in [-0.2, -0.15) is 0 Å². The van der Waals surface area contributed by atoms with Gasteiger partial charge in [0.05, 0.1) is 22.1 Å². The van der Waals surface area contributed by atoms with Gasteiger partial charge < -0.3 is 18.9 Å². The van der Waals surface area contributed by atoms with Crippen LogP contribution in [0, 0.1) is 0 Å². The summed E-state index contributed by atoms with van der Waals surface area (Å²) in [5, 5.41) is 4.88. The summed E-state index contributed by atoms with van der Waals surface area (Å²) in [4.78, 5) is 20.9. The summed E-state index contributed by atoms with van der Waals surface area (Å²) in [5.74, 6) is 1.66. The van der Waals surface area contributed by atoms with Gasteiger partial charge in [0.1, 0.15) is 0 Å². The van der Waals surface area contributed by atoms with Crippen LogP contribution in [-0.2, 0) is 0 Å². The van der Waals surface area contributed by atoms with E-state index in [-0.39, 0.29) is 0 Å². The van der Waals surface area contributed by atoms with E-state index in [4.69, 9.17) is 15.0 Å². The zero-order valence-electron chi connectivity index (χ0n) is 54.5. The minimum Gasteiger partial charge on any atom is -0.310 e. The molecule has 100 heavy (non-hydrogen) atoms. The zero-order chi connectivity index (χ0) is 66.3. The van der Waals surface area contributed by atoms with Crippen LogP contribution in [0.3, 0.4) is 0 Å². The quantitative estimate of drug-likeness (QED) is 0.102. The highest BCUT2D eigenvalue weighted by Crippen LogP contribution is 2.43. The molecule has 0 N–H and O–H groups in total. The third kappa shape index (κ3) is 11.1. The van der Waals surface area contributed by atoms with Crippen molar-refractivity contribution in [1.29, 1.82) is 0 Å². The van der Waals surface area contributed by atoms with Gasteiger partial charge in [0.15, 0.2) is 17.5 Å².